The second-order valence-corrected chi connectivity index (χ2v) is 10.0. The molecule has 4 heterocycles. The van der Waals surface area contributed by atoms with E-state index in [9.17, 15) is 18.0 Å². The van der Waals surface area contributed by atoms with Crippen molar-refractivity contribution in [3.05, 3.63) is 59.8 Å². The van der Waals surface area contributed by atoms with Gasteiger partial charge in [-0.05, 0) is 38.5 Å². The largest absolute Gasteiger partial charge is 0.416 e. The van der Waals surface area contributed by atoms with Gasteiger partial charge in [-0.25, -0.2) is 14.2 Å². The minimum absolute atomic E-state index is 0. The number of aromatic nitrogens is 6. The van der Waals surface area contributed by atoms with Gasteiger partial charge in [0, 0.05) is 25.2 Å². The van der Waals surface area contributed by atoms with Crippen molar-refractivity contribution in [1.29, 1.82) is 0 Å². The highest BCUT2D eigenvalue weighted by molar-refractivity contribution is 5.91. The standard InChI is InChI=1S/C25H27F3N8O2.ClH/c1-24(2,3)36-14-20(32-33-36)23(37)29-12-17-5-4-16(10-19(17)25(26,27)28)22-21-11-18(13-35(21)31-15-30-22)34-6-8-38-9-7-34;/h4-5,10-11,13-15H,6-9,12H2,1-3H3,(H,29,37);1H. The van der Waals surface area contributed by atoms with Crippen LogP contribution in [0.25, 0.3) is 16.8 Å². The van der Waals surface area contributed by atoms with E-state index >= 15 is 0 Å². The third kappa shape index (κ3) is 5.98. The summed E-state index contributed by atoms with van der Waals surface area (Å²) in [6.07, 6.45) is -0.0321. The quantitative estimate of drug-likeness (QED) is 0.391. The molecule has 0 radical (unpaired) electrons. The van der Waals surface area contributed by atoms with Crippen LogP contribution in [0.3, 0.4) is 0 Å². The third-order valence-corrected chi connectivity index (χ3v) is 6.31. The molecule has 1 N–H and O–H groups in total. The molecule has 4 aromatic rings. The van der Waals surface area contributed by atoms with Crippen LogP contribution in [0.4, 0.5) is 18.9 Å². The van der Waals surface area contributed by atoms with Gasteiger partial charge in [-0.15, -0.1) is 17.5 Å². The van der Waals surface area contributed by atoms with E-state index in [0.29, 0.717) is 43.1 Å². The Kier molecular flexibility index (Phi) is 7.84. The van der Waals surface area contributed by atoms with Crippen molar-refractivity contribution in [1.82, 2.24) is 34.9 Å². The fourth-order valence-corrected chi connectivity index (χ4v) is 4.24. The van der Waals surface area contributed by atoms with Crippen LogP contribution in [0, 0.1) is 0 Å². The zero-order chi connectivity index (χ0) is 27.1. The maximum absolute atomic E-state index is 14.1. The maximum atomic E-state index is 14.1. The van der Waals surface area contributed by atoms with Gasteiger partial charge in [0.2, 0.25) is 0 Å². The first-order valence-electron chi connectivity index (χ1n) is 12.1. The van der Waals surface area contributed by atoms with E-state index in [4.69, 9.17) is 4.74 Å². The van der Waals surface area contributed by atoms with E-state index < -0.39 is 17.6 Å². The summed E-state index contributed by atoms with van der Waals surface area (Å²) < 4.78 is 50.8. The lowest BCUT2D eigenvalue weighted by molar-refractivity contribution is -0.138. The number of rotatable bonds is 5. The fourth-order valence-electron chi connectivity index (χ4n) is 4.24. The van der Waals surface area contributed by atoms with Crippen LogP contribution in [0.15, 0.2) is 43.0 Å². The molecule has 1 aliphatic heterocycles. The van der Waals surface area contributed by atoms with Gasteiger partial charge >= 0.3 is 6.18 Å². The number of hydrogen-bond donors (Lipinski definition) is 1. The SMILES string of the molecule is CC(C)(C)n1cc(C(=O)NCc2ccc(-c3ncnn4cc(N5CCOCC5)cc34)cc2C(F)(F)F)nn1.Cl. The summed E-state index contributed by atoms with van der Waals surface area (Å²) in [5.41, 5.74) is 0.855. The lowest BCUT2D eigenvalue weighted by Crippen LogP contribution is -2.35. The molecule has 0 atom stereocenters. The van der Waals surface area contributed by atoms with Crippen LogP contribution in [0.1, 0.15) is 42.4 Å². The van der Waals surface area contributed by atoms with Gasteiger partial charge in [0.1, 0.15) is 6.33 Å². The van der Waals surface area contributed by atoms with Crippen LogP contribution < -0.4 is 10.2 Å². The van der Waals surface area contributed by atoms with Gasteiger partial charge in [0.05, 0.1) is 53.6 Å². The van der Waals surface area contributed by atoms with Crippen LogP contribution in [-0.2, 0) is 23.0 Å². The van der Waals surface area contributed by atoms with Crippen molar-refractivity contribution in [2.45, 2.75) is 39.0 Å². The number of halogens is 4. The number of fused-ring (bicyclic) bond motifs is 1. The van der Waals surface area contributed by atoms with Crippen LogP contribution >= 0.6 is 12.4 Å². The number of carbonyl (C=O) groups is 1. The molecule has 0 bridgehead atoms. The molecule has 1 amide bonds. The zero-order valence-electron chi connectivity index (χ0n) is 21.6. The highest BCUT2D eigenvalue weighted by Gasteiger charge is 2.34. The van der Waals surface area contributed by atoms with E-state index in [-0.39, 0.29) is 35.7 Å². The van der Waals surface area contributed by atoms with Gasteiger partial charge in [0.25, 0.3) is 5.91 Å². The summed E-state index contributed by atoms with van der Waals surface area (Å²) in [5, 5.41) is 14.5. The number of benzene rings is 1. The van der Waals surface area contributed by atoms with Gasteiger partial charge in [0.15, 0.2) is 5.69 Å². The molecule has 39 heavy (non-hydrogen) atoms. The lowest BCUT2D eigenvalue weighted by Gasteiger charge is -2.27. The van der Waals surface area contributed by atoms with Crippen LogP contribution in [-0.4, -0.2) is 61.8 Å². The van der Waals surface area contributed by atoms with Gasteiger partial charge in [-0.3, -0.25) is 4.79 Å². The van der Waals surface area contributed by atoms with Crippen molar-refractivity contribution in [3.63, 3.8) is 0 Å². The van der Waals surface area contributed by atoms with Crippen molar-refractivity contribution in [2.75, 3.05) is 31.2 Å². The first-order chi connectivity index (χ1) is 18.0. The summed E-state index contributed by atoms with van der Waals surface area (Å²) in [6, 6.07) is 5.85. The molecule has 14 heteroatoms. The molecule has 0 aliphatic carbocycles. The number of anilines is 1. The highest BCUT2D eigenvalue weighted by atomic mass is 35.5. The number of ether oxygens (including phenoxy) is 1. The number of amides is 1. The summed E-state index contributed by atoms with van der Waals surface area (Å²) in [7, 11) is 0. The van der Waals surface area contributed by atoms with Crippen molar-refractivity contribution >= 4 is 29.5 Å². The number of hydrogen-bond acceptors (Lipinski definition) is 7. The molecule has 5 rings (SSSR count). The Morgan fingerprint density at radius 2 is 1.85 bits per heavy atom. The second-order valence-electron chi connectivity index (χ2n) is 10.0. The molecule has 0 spiro atoms. The molecule has 3 aromatic heterocycles. The Bertz CT molecular complexity index is 1470. The first kappa shape index (κ1) is 28.3. The molecule has 208 valence electrons. The van der Waals surface area contributed by atoms with Crippen molar-refractivity contribution in [2.24, 2.45) is 0 Å². The monoisotopic (exact) mass is 564 g/mol. The first-order valence-corrected chi connectivity index (χ1v) is 12.1. The Morgan fingerprint density at radius 3 is 2.51 bits per heavy atom. The minimum atomic E-state index is -4.64. The molecule has 0 unspecified atom stereocenters. The third-order valence-electron chi connectivity index (χ3n) is 6.31. The molecular weight excluding hydrogens is 537 g/mol. The van der Waals surface area contributed by atoms with Crippen LogP contribution in [0.2, 0.25) is 0 Å². The van der Waals surface area contributed by atoms with E-state index in [1.807, 2.05) is 33.0 Å². The minimum Gasteiger partial charge on any atom is -0.378 e. The average Bonchev–Trinajstić information content (AvgIpc) is 3.55. The van der Waals surface area contributed by atoms with E-state index in [1.165, 1.54) is 23.3 Å². The zero-order valence-corrected chi connectivity index (χ0v) is 22.4. The smallest absolute Gasteiger partial charge is 0.378 e. The van der Waals surface area contributed by atoms with Gasteiger partial charge in [-0.2, -0.15) is 18.3 Å². The fraction of sp³-hybridized carbons (Fsp3) is 0.400. The Hall–Kier alpha value is -3.71. The van der Waals surface area contributed by atoms with Crippen molar-refractivity contribution in [3.8, 4) is 11.3 Å². The number of alkyl halides is 3. The number of nitrogens with zero attached hydrogens (tertiary/aromatic N) is 7. The topological polar surface area (TPSA) is 102 Å². The van der Waals surface area contributed by atoms with E-state index in [2.05, 4.69) is 30.6 Å². The van der Waals surface area contributed by atoms with Crippen LogP contribution in [0.5, 0.6) is 0 Å². The predicted molar refractivity (Wildman–Crippen MR) is 140 cm³/mol. The summed E-state index contributed by atoms with van der Waals surface area (Å²) in [6.45, 7) is 7.98. The normalized spacial score (nSPS) is 14.4. The summed E-state index contributed by atoms with van der Waals surface area (Å²) in [5.74, 6) is -0.612. The van der Waals surface area contributed by atoms with Gasteiger partial charge in [-0.1, -0.05) is 17.3 Å². The maximum Gasteiger partial charge on any atom is 0.416 e. The summed E-state index contributed by atoms with van der Waals surface area (Å²) >= 11 is 0. The lowest BCUT2D eigenvalue weighted by atomic mass is 10.0. The number of nitrogens with one attached hydrogen (secondary N) is 1. The Balaban J connectivity index is 0.00000353. The molecule has 1 fully saturated rings. The highest BCUT2D eigenvalue weighted by Crippen LogP contribution is 2.36. The van der Waals surface area contributed by atoms with E-state index in [0.717, 1.165) is 11.8 Å². The molecule has 0 saturated carbocycles. The number of morpholine rings is 1. The Morgan fingerprint density at radius 1 is 1.10 bits per heavy atom. The van der Waals surface area contributed by atoms with E-state index in [1.54, 1.807) is 10.6 Å². The average molecular weight is 565 g/mol. The molecular formula is C25H28ClF3N8O2. The van der Waals surface area contributed by atoms with Gasteiger partial charge < -0.3 is 15.0 Å². The molecule has 10 nitrogen and oxygen atoms in total. The van der Waals surface area contributed by atoms with Crippen molar-refractivity contribution < 1.29 is 22.7 Å². The predicted octanol–water partition coefficient (Wildman–Crippen LogP) is 3.95. The molecule has 1 aromatic carbocycles. The number of carbonyl (C=O) groups excluding carboxylic acids is 1. The second kappa shape index (κ2) is 10.8. The molecule has 1 saturated heterocycles. The molecule has 1 aliphatic rings. The summed E-state index contributed by atoms with van der Waals surface area (Å²) in [4.78, 5) is 19.0. The Labute approximate surface area is 228 Å².